The first-order valence-corrected chi connectivity index (χ1v) is 6.92. The van der Waals surface area contributed by atoms with Crippen molar-refractivity contribution in [1.29, 1.82) is 0 Å². The van der Waals surface area contributed by atoms with Gasteiger partial charge in [0, 0.05) is 12.2 Å². The number of fused-ring (bicyclic) bond motifs is 1. The van der Waals surface area contributed by atoms with Crippen molar-refractivity contribution in [1.82, 2.24) is 0 Å². The summed E-state index contributed by atoms with van der Waals surface area (Å²) in [4.78, 5) is 13.9. The van der Waals surface area contributed by atoms with Crippen LogP contribution in [0.1, 0.15) is 27.7 Å². The van der Waals surface area contributed by atoms with Gasteiger partial charge in [-0.05, 0) is 45.9 Å². The number of nitrogens with zero attached hydrogens (tertiary/aromatic N) is 1. The van der Waals surface area contributed by atoms with Crippen molar-refractivity contribution >= 4 is 17.5 Å². The largest absolute Gasteiger partial charge is 0.490 e. The summed E-state index contributed by atoms with van der Waals surface area (Å²) in [5.74, 6) is 0.712. The maximum atomic E-state index is 12.3. The number of carbonyl (C=O) groups excluding carboxylic acids is 1. The van der Waals surface area contributed by atoms with Crippen molar-refractivity contribution in [3.05, 3.63) is 18.2 Å². The molecule has 0 atom stereocenters. The molecule has 0 radical (unpaired) electrons. The number of hydrogen-bond acceptors (Lipinski definition) is 4. The number of rotatable bonds is 2. The first kappa shape index (κ1) is 14.5. The molecule has 0 aliphatic carbocycles. The van der Waals surface area contributed by atoms with Crippen molar-refractivity contribution in [3.8, 4) is 5.75 Å². The fraction of sp³-hybridized carbons (Fsp3) is 0.533. The van der Waals surface area contributed by atoms with Gasteiger partial charge in [0.2, 0.25) is 0 Å². The standard InChI is InChI=1S/C15H22N2O3/c1-5-16-11-6-7-13-12(10-11)17(8-9-19-13)14(18)20-15(2,3)4/h6-7,10,16H,5,8-9H2,1-4H3. The van der Waals surface area contributed by atoms with Crippen LogP contribution in [0.3, 0.4) is 0 Å². The van der Waals surface area contributed by atoms with Crippen LogP contribution < -0.4 is 15.0 Å². The summed E-state index contributed by atoms with van der Waals surface area (Å²) in [5.41, 5.74) is 1.21. The lowest BCUT2D eigenvalue weighted by molar-refractivity contribution is 0.0568. The molecule has 0 saturated heterocycles. The normalized spacial score (nSPS) is 14.3. The Kier molecular flexibility index (Phi) is 4.06. The highest BCUT2D eigenvalue weighted by Gasteiger charge is 2.28. The van der Waals surface area contributed by atoms with Crippen LogP contribution in [0, 0.1) is 0 Å². The first-order valence-electron chi connectivity index (χ1n) is 6.92. The molecule has 1 aliphatic rings. The Morgan fingerprint density at radius 3 is 2.85 bits per heavy atom. The third kappa shape index (κ3) is 3.35. The molecule has 0 saturated carbocycles. The molecule has 20 heavy (non-hydrogen) atoms. The molecular weight excluding hydrogens is 256 g/mol. The number of nitrogens with one attached hydrogen (secondary N) is 1. The lowest BCUT2D eigenvalue weighted by Crippen LogP contribution is -2.41. The van der Waals surface area contributed by atoms with Gasteiger partial charge in [-0.3, -0.25) is 4.90 Å². The Morgan fingerprint density at radius 2 is 2.20 bits per heavy atom. The summed E-state index contributed by atoms with van der Waals surface area (Å²) in [5, 5.41) is 3.23. The zero-order chi connectivity index (χ0) is 14.8. The minimum absolute atomic E-state index is 0.337. The van der Waals surface area contributed by atoms with Crippen LogP contribution in [0.4, 0.5) is 16.2 Å². The van der Waals surface area contributed by atoms with Crippen LogP contribution >= 0.6 is 0 Å². The third-order valence-electron chi connectivity index (χ3n) is 2.82. The molecule has 5 nitrogen and oxygen atoms in total. The summed E-state index contributed by atoms with van der Waals surface area (Å²) < 4.78 is 11.0. The number of anilines is 2. The molecule has 1 aliphatic heterocycles. The number of hydrogen-bond donors (Lipinski definition) is 1. The summed E-state index contributed by atoms with van der Waals surface area (Å²) >= 11 is 0. The number of benzene rings is 1. The molecule has 1 aromatic carbocycles. The van der Waals surface area contributed by atoms with Gasteiger partial charge >= 0.3 is 6.09 Å². The average molecular weight is 278 g/mol. The average Bonchev–Trinajstić information content (AvgIpc) is 2.36. The fourth-order valence-electron chi connectivity index (χ4n) is 2.04. The highest BCUT2D eigenvalue weighted by molar-refractivity contribution is 5.91. The lowest BCUT2D eigenvalue weighted by atomic mass is 10.2. The molecular formula is C15H22N2O3. The van der Waals surface area contributed by atoms with E-state index in [-0.39, 0.29) is 6.09 Å². The lowest BCUT2D eigenvalue weighted by Gasteiger charge is -2.31. The molecule has 2 rings (SSSR count). The van der Waals surface area contributed by atoms with E-state index in [1.54, 1.807) is 4.90 Å². The van der Waals surface area contributed by atoms with Crippen molar-refractivity contribution in [3.63, 3.8) is 0 Å². The topological polar surface area (TPSA) is 50.8 Å². The summed E-state index contributed by atoms with van der Waals surface area (Å²) in [6.45, 7) is 9.42. The zero-order valence-corrected chi connectivity index (χ0v) is 12.5. The Bertz CT molecular complexity index is 494. The van der Waals surface area contributed by atoms with Crippen molar-refractivity contribution in [2.24, 2.45) is 0 Å². The molecule has 1 N–H and O–H groups in total. The van der Waals surface area contributed by atoms with E-state index in [2.05, 4.69) is 5.32 Å². The smallest absolute Gasteiger partial charge is 0.415 e. The van der Waals surface area contributed by atoms with Gasteiger partial charge in [0.05, 0.1) is 12.2 Å². The van der Waals surface area contributed by atoms with Crippen molar-refractivity contribution in [2.45, 2.75) is 33.3 Å². The van der Waals surface area contributed by atoms with Crippen LogP contribution in [0.2, 0.25) is 0 Å². The predicted octanol–water partition coefficient (Wildman–Crippen LogP) is 3.25. The molecule has 0 spiro atoms. The highest BCUT2D eigenvalue weighted by atomic mass is 16.6. The van der Waals surface area contributed by atoms with Crippen LogP contribution in [0.5, 0.6) is 5.75 Å². The Hall–Kier alpha value is -1.91. The van der Waals surface area contributed by atoms with Gasteiger partial charge in [-0.25, -0.2) is 4.79 Å². The Morgan fingerprint density at radius 1 is 1.45 bits per heavy atom. The van der Waals surface area contributed by atoms with E-state index in [9.17, 15) is 4.79 Å². The van der Waals surface area contributed by atoms with E-state index in [1.165, 1.54) is 0 Å². The Balaban J connectivity index is 2.26. The third-order valence-corrected chi connectivity index (χ3v) is 2.82. The van der Waals surface area contributed by atoms with Crippen molar-refractivity contribution in [2.75, 3.05) is 29.9 Å². The second-order valence-electron chi connectivity index (χ2n) is 5.69. The van der Waals surface area contributed by atoms with Gasteiger partial charge in [0.15, 0.2) is 0 Å². The molecule has 1 amide bonds. The fourth-order valence-corrected chi connectivity index (χ4v) is 2.04. The van der Waals surface area contributed by atoms with Gasteiger partial charge < -0.3 is 14.8 Å². The second kappa shape index (κ2) is 5.61. The number of ether oxygens (including phenoxy) is 2. The maximum Gasteiger partial charge on any atom is 0.415 e. The van der Waals surface area contributed by atoms with Gasteiger partial charge in [0.1, 0.15) is 18.0 Å². The van der Waals surface area contributed by atoms with E-state index in [0.29, 0.717) is 18.9 Å². The maximum absolute atomic E-state index is 12.3. The SMILES string of the molecule is CCNc1ccc2c(c1)N(C(=O)OC(C)(C)C)CCO2. The molecule has 1 heterocycles. The molecule has 0 bridgehead atoms. The summed E-state index contributed by atoms with van der Waals surface area (Å²) in [7, 11) is 0. The Labute approximate surface area is 119 Å². The van der Waals surface area contributed by atoms with Crippen LogP contribution in [0.15, 0.2) is 18.2 Å². The second-order valence-corrected chi connectivity index (χ2v) is 5.69. The number of carbonyl (C=O) groups is 1. The van der Waals surface area contributed by atoms with Gasteiger partial charge in [0.25, 0.3) is 0 Å². The van der Waals surface area contributed by atoms with Gasteiger partial charge in [-0.15, -0.1) is 0 Å². The van der Waals surface area contributed by atoms with Crippen LogP contribution in [-0.2, 0) is 4.74 Å². The minimum Gasteiger partial charge on any atom is -0.490 e. The van der Waals surface area contributed by atoms with Gasteiger partial charge in [-0.1, -0.05) is 0 Å². The van der Waals surface area contributed by atoms with E-state index in [0.717, 1.165) is 17.9 Å². The molecule has 5 heteroatoms. The monoisotopic (exact) mass is 278 g/mol. The van der Waals surface area contributed by atoms with E-state index in [4.69, 9.17) is 9.47 Å². The predicted molar refractivity (Wildman–Crippen MR) is 79.7 cm³/mol. The summed E-state index contributed by atoms with van der Waals surface area (Å²) in [6, 6.07) is 5.74. The van der Waals surface area contributed by atoms with Gasteiger partial charge in [-0.2, -0.15) is 0 Å². The van der Waals surface area contributed by atoms with E-state index in [1.807, 2.05) is 45.9 Å². The first-order chi connectivity index (χ1) is 9.40. The summed E-state index contributed by atoms with van der Waals surface area (Å²) in [6.07, 6.45) is -0.337. The van der Waals surface area contributed by atoms with E-state index < -0.39 is 5.60 Å². The van der Waals surface area contributed by atoms with Crippen molar-refractivity contribution < 1.29 is 14.3 Å². The molecule has 0 aromatic heterocycles. The quantitative estimate of drug-likeness (QED) is 0.902. The molecule has 1 aromatic rings. The molecule has 0 fully saturated rings. The molecule has 110 valence electrons. The van der Waals surface area contributed by atoms with Crippen LogP contribution in [-0.4, -0.2) is 31.4 Å². The van der Waals surface area contributed by atoms with Crippen LogP contribution in [0.25, 0.3) is 0 Å². The van der Waals surface area contributed by atoms with E-state index >= 15 is 0 Å². The molecule has 0 unspecified atom stereocenters. The number of amides is 1. The zero-order valence-electron chi connectivity index (χ0n) is 12.5. The minimum atomic E-state index is -0.505. The highest BCUT2D eigenvalue weighted by Crippen LogP contribution is 2.34.